The Morgan fingerprint density at radius 1 is 1.15 bits per heavy atom. The van der Waals surface area contributed by atoms with Crippen molar-refractivity contribution in [2.45, 2.75) is 12.8 Å². The highest BCUT2D eigenvalue weighted by molar-refractivity contribution is 9.10. The quantitative estimate of drug-likeness (QED) is 0.809. The summed E-state index contributed by atoms with van der Waals surface area (Å²) in [5.74, 6) is 0.260. The molecule has 5 heteroatoms. The molecule has 2 heterocycles. The molecular weight excluding hydrogens is 322 g/mol. The van der Waals surface area contributed by atoms with Gasteiger partial charge >= 0.3 is 0 Å². The van der Waals surface area contributed by atoms with Crippen LogP contribution in [0.4, 0.5) is 5.69 Å². The molecule has 0 N–H and O–H groups in total. The van der Waals surface area contributed by atoms with Gasteiger partial charge < -0.3 is 9.32 Å². The van der Waals surface area contributed by atoms with Crippen LogP contribution in [0, 0.1) is 0 Å². The SMILES string of the molecule is O=C(c1ccc(N2CCCC2=O)cc1)c1ccc(Br)o1. The second-order valence-electron chi connectivity index (χ2n) is 4.63. The minimum Gasteiger partial charge on any atom is -0.446 e. The van der Waals surface area contributed by atoms with Crippen molar-refractivity contribution in [2.24, 2.45) is 0 Å². The molecule has 1 amide bonds. The maximum atomic E-state index is 12.2. The number of ketones is 1. The van der Waals surface area contributed by atoms with E-state index in [1.54, 1.807) is 41.3 Å². The van der Waals surface area contributed by atoms with Crippen molar-refractivity contribution in [3.8, 4) is 0 Å². The summed E-state index contributed by atoms with van der Waals surface area (Å²) in [4.78, 5) is 25.6. The lowest BCUT2D eigenvalue weighted by atomic mass is 10.1. The fraction of sp³-hybridized carbons (Fsp3) is 0.200. The molecule has 0 saturated carbocycles. The molecule has 3 rings (SSSR count). The Morgan fingerprint density at radius 2 is 1.90 bits per heavy atom. The largest absolute Gasteiger partial charge is 0.446 e. The van der Waals surface area contributed by atoms with Gasteiger partial charge in [0.05, 0.1) is 0 Å². The minimum atomic E-state index is -0.171. The number of amides is 1. The standard InChI is InChI=1S/C15H12BrNO3/c16-13-8-7-12(20-13)15(19)10-3-5-11(6-4-10)17-9-1-2-14(17)18/h3-8H,1-2,9H2. The topological polar surface area (TPSA) is 50.5 Å². The van der Waals surface area contributed by atoms with Gasteiger partial charge in [-0.05, 0) is 58.7 Å². The zero-order valence-corrected chi connectivity index (χ0v) is 12.2. The number of carbonyl (C=O) groups is 2. The number of furan rings is 1. The monoisotopic (exact) mass is 333 g/mol. The van der Waals surface area contributed by atoms with Crippen LogP contribution in [0.1, 0.15) is 29.0 Å². The highest BCUT2D eigenvalue weighted by Crippen LogP contribution is 2.23. The van der Waals surface area contributed by atoms with E-state index >= 15 is 0 Å². The van der Waals surface area contributed by atoms with Crippen molar-refractivity contribution >= 4 is 33.3 Å². The van der Waals surface area contributed by atoms with E-state index in [1.165, 1.54) is 0 Å². The molecule has 1 aromatic carbocycles. The van der Waals surface area contributed by atoms with Crippen LogP contribution >= 0.6 is 15.9 Å². The molecule has 20 heavy (non-hydrogen) atoms. The molecule has 1 fully saturated rings. The van der Waals surface area contributed by atoms with Gasteiger partial charge in [-0.15, -0.1) is 0 Å². The lowest BCUT2D eigenvalue weighted by Crippen LogP contribution is -2.23. The third-order valence-corrected chi connectivity index (χ3v) is 3.74. The predicted octanol–water partition coefficient (Wildman–Crippen LogP) is 3.40. The number of rotatable bonds is 3. The summed E-state index contributed by atoms with van der Waals surface area (Å²) in [6.45, 7) is 0.747. The maximum absolute atomic E-state index is 12.2. The van der Waals surface area contributed by atoms with E-state index < -0.39 is 0 Å². The Balaban J connectivity index is 1.82. The van der Waals surface area contributed by atoms with Crippen LogP contribution in [0.25, 0.3) is 0 Å². The number of halogens is 1. The van der Waals surface area contributed by atoms with Crippen molar-refractivity contribution in [3.05, 3.63) is 52.4 Å². The molecule has 2 aromatic rings. The Kier molecular flexibility index (Phi) is 3.44. The van der Waals surface area contributed by atoms with Crippen LogP contribution < -0.4 is 4.90 Å². The third kappa shape index (κ3) is 2.41. The first-order valence-corrected chi connectivity index (χ1v) is 7.15. The lowest BCUT2D eigenvalue weighted by Gasteiger charge is -2.15. The van der Waals surface area contributed by atoms with Crippen molar-refractivity contribution < 1.29 is 14.0 Å². The van der Waals surface area contributed by atoms with Gasteiger partial charge in [-0.1, -0.05) is 0 Å². The van der Waals surface area contributed by atoms with Gasteiger partial charge in [0.15, 0.2) is 10.4 Å². The van der Waals surface area contributed by atoms with Crippen LogP contribution in [0.3, 0.4) is 0 Å². The van der Waals surface area contributed by atoms with E-state index in [4.69, 9.17) is 4.42 Å². The Morgan fingerprint density at radius 3 is 2.45 bits per heavy atom. The number of benzene rings is 1. The molecule has 1 saturated heterocycles. The summed E-state index contributed by atoms with van der Waals surface area (Å²) in [5, 5.41) is 0. The molecule has 1 aromatic heterocycles. The van der Waals surface area contributed by atoms with Crippen molar-refractivity contribution in [1.29, 1.82) is 0 Å². The first-order chi connectivity index (χ1) is 9.65. The smallest absolute Gasteiger partial charge is 0.228 e. The van der Waals surface area contributed by atoms with Gasteiger partial charge in [0.1, 0.15) is 0 Å². The normalized spacial score (nSPS) is 14.8. The second-order valence-corrected chi connectivity index (χ2v) is 5.41. The van der Waals surface area contributed by atoms with Gasteiger partial charge in [0, 0.05) is 24.2 Å². The van der Waals surface area contributed by atoms with Gasteiger partial charge in [0.25, 0.3) is 0 Å². The van der Waals surface area contributed by atoms with E-state index in [1.807, 2.05) is 0 Å². The number of hydrogen-bond donors (Lipinski definition) is 0. The number of nitrogens with zero attached hydrogens (tertiary/aromatic N) is 1. The first-order valence-electron chi connectivity index (χ1n) is 6.35. The Labute approximate surface area is 124 Å². The zero-order valence-electron chi connectivity index (χ0n) is 10.6. The second kappa shape index (κ2) is 5.25. The van der Waals surface area contributed by atoms with Crippen LogP contribution in [-0.2, 0) is 4.79 Å². The number of hydrogen-bond acceptors (Lipinski definition) is 3. The summed E-state index contributed by atoms with van der Waals surface area (Å²) >= 11 is 3.17. The van der Waals surface area contributed by atoms with E-state index in [-0.39, 0.29) is 11.7 Å². The summed E-state index contributed by atoms with van der Waals surface area (Å²) in [5.41, 5.74) is 1.38. The van der Waals surface area contributed by atoms with Crippen LogP contribution in [0.2, 0.25) is 0 Å². The molecule has 0 radical (unpaired) electrons. The molecule has 1 aliphatic rings. The fourth-order valence-electron chi connectivity index (χ4n) is 2.29. The Hall–Kier alpha value is -1.88. The summed E-state index contributed by atoms with van der Waals surface area (Å²) in [7, 11) is 0. The summed E-state index contributed by atoms with van der Waals surface area (Å²) in [6.07, 6.45) is 1.49. The molecule has 102 valence electrons. The summed E-state index contributed by atoms with van der Waals surface area (Å²) in [6, 6.07) is 10.4. The first kappa shape index (κ1) is 13.1. The van der Waals surface area contributed by atoms with Crippen LogP contribution in [0.5, 0.6) is 0 Å². The molecule has 0 spiro atoms. The number of carbonyl (C=O) groups excluding carboxylic acids is 2. The van der Waals surface area contributed by atoms with Gasteiger partial charge in [-0.2, -0.15) is 0 Å². The fourth-order valence-corrected chi connectivity index (χ4v) is 2.60. The van der Waals surface area contributed by atoms with Crippen molar-refractivity contribution in [3.63, 3.8) is 0 Å². The zero-order chi connectivity index (χ0) is 14.1. The van der Waals surface area contributed by atoms with E-state index in [2.05, 4.69) is 15.9 Å². The van der Waals surface area contributed by atoms with Crippen LogP contribution in [0.15, 0.2) is 45.5 Å². The van der Waals surface area contributed by atoms with E-state index in [9.17, 15) is 9.59 Å². The van der Waals surface area contributed by atoms with Crippen molar-refractivity contribution in [2.75, 3.05) is 11.4 Å². The minimum absolute atomic E-state index is 0.138. The Bertz CT molecular complexity index is 660. The van der Waals surface area contributed by atoms with E-state index in [0.29, 0.717) is 22.4 Å². The molecule has 0 bridgehead atoms. The highest BCUT2D eigenvalue weighted by atomic mass is 79.9. The number of anilines is 1. The lowest BCUT2D eigenvalue weighted by molar-refractivity contribution is -0.117. The molecule has 0 aliphatic carbocycles. The van der Waals surface area contributed by atoms with E-state index in [0.717, 1.165) is 18.7 Å². The van der Waals surface area contributed by atoms with Crippen molar-refractivity contribution in [1.82, 2.24) is 0 Å². The predicted molar refractivity (Wildman–Crippen MR) is 77.9 cm³/mol. The van der Waals surface area contributed by atoms with Crippen LogP contribution in [-0.4, -0.2) is 18.2 Å². The molecular formula is C15H12BrNO3. The molecule has 4 nitrogen and oxygen atoms in total. The van der Waals surface area contributed by atoms with Gasteiger partial charge in [0.2, 0.25) is 11.7 Å². The molecule has 0 unspecified atom stereocenters. The maximum Gasteiger partial charge on any atom is 0.228 e. The average Bonchev–Trinajstić information content (AvgIpc) is 3.07. The molecule has 0 atom stereocenters. The van der Waals surface area contributed by atoms with Gasteiger partial charge in [-0.3, -0.25) is 9.59 Å². The third-order valence-electron chi connectivity index (χ3n) is 3.31. The highest BCUT2D eigenvalue weighted by Gasteiger charge is 2.22. The average molecular weight is 334 g/mol. The molecule has 1 aliphatic heterocycles. The summed E-state index contributed by atoms with van der Waals surface area (Å²) < 4.78 is 5.78. The van der Waals surface area contributed by atoms with Gasteiger partial charge in [-0.25, -0.2) is 0 Å².